The first-order chi connectivity index (χ1) is 13.4. The molecule has 0 aliphatic carbocycles. The van der Waals surface area contributed by atoms with Crippen LogP contribution in [0.25, 0.3) is 22.0 Å². The van der Waals surface area contributed by atoms with E-state index >= 15 is 0 Å². The Bertz CT molecular complexity index is 1010. The van der Waals surface area contributed by atoms with Gasteiger partial charge in [-0.2, -0.15) is 0 Å². The van der Waals surface area contributed by atoms with E-state index in [1.165, 1.54) is 12.4 Å². The van der Waals surface area contributed by atoms with Crippen molar-refractivity contribution in [3.63, 3.8) is 0 Å². The summed E-state index contributed by atoms with van der Waals surface area (Å²) in [5.74, 6) is 0.247. The summed E-state index contributed by atoms with van der Waals surface area (Å²) in [5.41, 5.74) is 3.05. The van der Waals surface area contributed by atoms with E-state index in [1.54, 1.807) is 24.0 Å². The molecule has 0 aliphatic rings. The second kappa shape index (κ2) is 8.31. The molecule has 0 saturated carbocycles. The third-order valence-corrected chi connectivity index (χ3v) is 4.86. The molecule has 1 unspecified atom stereocenters. The molecule has 0 bridgehead atoms. The Morgan fingerprint density at radius 3 is 2.57 bits per heavy atom. The lowest BCUT2D eigenvalue weighted by Gasteiger charge is -2.19. The third kappa shape index (κ3) is 4.09. The molecule has 1 heterocycles. The molecule has 1 aromatic heterocycles. The van der Waals surface area contributed by atoms with Crippen LogP contribution in [0.5, 0.6) is 0 Å². The van der Waals surface area contributed by atoms with Gasteiger partial charge in [0.05, 0.1) is 11.6 Å². The molecule has 7 heteroatoms. The quantitative estimate of drug-likeness (QED) is 0.687. The first-order valence-electron chi connectivity index (χ1n) is 9.06. The number of carbonyl (C=O) groups excluding carboxylic acids is 1. The number of anilines is 1. The van der Waals surface area contributed by atoms with Crippen molar-refractivity contribution in [1.29, 1.82) is 0 Å². The van der Waals surface area contributed by atoms with Crippen LogP contribution in [0.2, 0.25) is 0 Å². The van der Waals surface area contributed by atoms with E-state index < -0.39 is 0 Å². The molecule has 3 aromatic rings. The number of hydrogen-bond acceptors (Lipinski definition) is 5. The summed E-state index contributed by atoms with van der Waals surface area (Å²) in [6, 6.07) is 10.5. The molecule has 0 aliphatic heterocycles. The van der Waals surface area contributed by atoms with E-state index in [1.807, 2.05) is 39.3 Å². The number of fused-ring (bicyclic) bond motifs is 1. The standard InChI is InChI=1S/C21H24FN5O/c1-13(27(3)4)21(28)24-11-16-9-14(5-7-18(16)22)15-6-8-19-17(10-15)20(23-2)26-12-25-19/h5-10,12-13H,11H2,1-4H3,(H,24,28)(H,23,25,26). The van der Waals surface area contributed by atoms with Crippen molar-refractivity contribution in [3.05, 3.63) is 54.1 Å². The van der Waals surface area contributed by atoms with Crippen LogP contribution in [0.15, 0.2) is 42.7 Å². The summed E-state index contributed by atoms with van der Waals surface area (Å²) in [7, 11) is 5.46. The minimum absolute atomic E-state index is 0.134. The smallest absolute Gasteiger partial charge is 0.237 e. The number of carbonyl (C=O) groups is 1. The van der Waals surface area contributed by atoms with Crippen LogP contribution < -0.4 is 10.6 Å². The lowest BCUT2D eigenvalue weighted by atomic mass is 10.0. The fourth-order valence-electron chi connectivity index (χ4n) is 2.89. The van der Waals surface area contributed by atoms with E-state index in [9.17, 15) is 9.18 Å². The maximum absolute atomic E-state index is 14.3. The maximum Gasteiger partial charge on any atom is 0.237 e. The Balaban J connectivity index is 1.89. The highest BCUT2D eigenvalue weighted by molar-refractivity contribution is 5.92. The molecule has 0 radical (unpaired) electrons. The zero-order valence-electron chi connectivity index (χ0n) is 16.5. The first kappa shape index (κ1) is 19.7. The van der Waals surface area contributed by atoms with Gasteiger partial charge in [0.1, 0.15) is 18.0 Å². The van der Waals surface area contributed by atoms with Crippen LogP contribution >= 0.6 is 0 Å². The van der Waals surface area contributed by atoms with E-state index in [4.69, 9.17) is 0 Å². The third-order valence-electron chi connectivity index (χ3n) is 4.86. The largest absolute Gasteiger partial charge is 0.373 e. The summed E-state index contributed by atoms with van der Waals surface area (Å²) < 4.78 is 14.3. The predicted octanol–water partition coefficient (Wildman–Crippen LogP) is 3.04. The highest BCUT2D eigenvalue weighted by atomic mass is 19.1. The first-order valence-corrected chi connectivity index (χ1v) is 9.06. The topological polar surface area (TPSA) is 70.1 Å². The van der Waals surface area contributed by atoms with Gasteiger partial charge in [0, 0.05) is 24.5 Å². The average Bonchev–Trinajstić information content (AvgIpc) is 2.71. The van der Waals surface area contributed by atoms with Gasteiger partial charge in [-0.05, 0) is 56.4 Å². The average molecular weight is 381 g/mol. The van der Waals surface area contributed by atoms with Crippen LogP contribution in [0.3, 0.4) is 0 Å². The second-order valence-corrected chi connectivity index (χ2v) is 6.87. The molecule has 1 atom stereocenters. The molecular weight excluding hydrogens is 357 g/mol. The number of hydrogen-bond donors (Lipinski definition) is 2. The number of likely N-dealkylation sites (N-methyl/N-ethyl adjacent to an activating group) is 1. The highest BCUT2D eigenvalue weighted by Crippen LogP contribution is 2.28. The van der Waals surface area contributed by atoms with Gasteiger partial charge in [-0.3, -0.25) is 9.69 Å². The number of rotatable bonds is 6. The van der Waals surface area contributed by atoms with Gasteiger partial charge in [-0.15, -0.1) is 0 Å². The van der Waals surface area contributed by atoms with Crippen molar-refractivity contribution in [2.45, 2.75) is 19.5 Å². The summed E-state index contributed by atoms with van der Waals surface area (Å²) in [6.45, 7) is 1.94. The number of halogens is 1. The number of nitrogens with zero attached hydrogens (tertiary/aromatic N) is 3. The molecule has 146 valence electrons. The van der Waals surface area contributed by atoms with Crippen molar-refractivity contribution in [1.82, 2.24) is 20.2 Å². The van der Waals surface area contributed by atoms with Crippen LogP contribution in [0.4, 0.5) is 10.2 Å². The molecule has 2 N–H and O–H groups in total. The lowest BCUT2D eigenvalue weighted by Crippen LogP contribution is -2.41. The molecule has 28 heavy (non-hydrogen) atoms. The highest BCUT2D eigenvalue weighted by Gasteiger charge is 2.15. The van der Waals surface area contributed by atoms with Crippen molar-refractivity contribution < 1.29 is 9.18 Å². The SMILES string of the molecule is CNc1ncnc2ccc(-c3ccc(F)c(CNC(=O)C(C)N(C)C)c3)cc12. The van der Waals surface area contributed by atoms with Gasteiger partial charge < -0.3 is 10.6 Å². The van der Waals surface area contributed by atoms with E-state index in [0.717, 1.165) is 27.8 Å². The van der Waals surface area contributed by atoms with Gasteiger partial charge >= 0.3 is 0 Å². The molecule has 1 amide bonds. The normalized spacial score (nSPS) is 12.2. The Morgan fingerprint density at radius 1 is 1.14 bits per heavy atom. The van der Waals surface area contributed by atoms with E-state index in [-0.39, 0.29) is 24.3 Å². The number of aromatic nitrogens is 2. The fraction of sp³-hybridized carbons (Fsp3) is 0.286. The van der Waals surface area contributed by atoms with Gasteiger partial charge in [-0.1, -0.05) is 12.1 Å². The fourth-order valence-corrected chi connectivity index (χ4v) is 2.89. The molecule has 0 spiro atoms. The van der Waals surface area contributed by atoms with Gasteiger partial charge in [0.15, 0.2) is 0 Å². The predicted molar refractivity (Wildman–Crippen MR) is 109 cm³/mol. The number of benzene rings is 2. The van der Waals surface area contributed by atoms with E-state index in [2.05, 4.69) is 20.6 Å². The van der Waals surface area contributed by atoms with E-state index in [0.29, 0.717) is 5.56 Å². The lowest BCUT2D eigenvalue weighted by molar-refractivity contribution is -0.125. The summed E-state index contributed by atoms with van der Waals surface area (Å²) in [5, 5.41) is 6.75. The minimum Gasteiger partial charge on any atom is -0.373 e. The second-order valence-electron chi connectivity index (χ2n) is 6.87. The summed E-state index contributed by atoms with van der Waals surface area (Å²) in [6.07, 6.45) is 1.52. The van der Waals surface area contributed by atoms with Crippen molar-refractivity contribution in [2.75, 3.05) is 26.5 Å². The number of nitrogens with one attached hydrogen (secondary N) is 2. The van der Waals surface area contributed by atoms with Crippen LogP contribution in [-0.2, 0) is 11.3 Å². The minimum atomic E-state index is -0.346. The number of amides is 1. The van der Waals surface area contributed by atoms with Gasteiger partial charge in [-0.25, -0.2) is 14.4 Å². The zero-order valence-corrected chi connectivity index (χ0v) is 16.5. The summed E-state index contributed by atoms with van der Waals surface area (Å²) in [4.78, 5) is 22.5. The monoisotopic (exact) mass is 381 g/mol. The Hall–Kier alpha value is -3.06. The van der Waals surface area contributed by atoms with Gasteiger partial charge in [0.2, 0.25) is 5.91 Å². The molecule has 0 fully saturated rings. The van der Waals surface area contributed by atoms with Crippen molar-refractivity contribution in [2.24, 2.45) is 0 Å². The van der Waals surface area contributed by atoms with Crippen LogP contribution in [0.1, 0.15) is 12.5 Å². The Morgan fingerprint density at radius 2 is 1.86 bits per heavy atom. The maximum atomic E-state index is 14.3. The van der Waals surface area contributed by atoms with Crippen LogP contribution in [-0.4, -0.2) is 48.0 Å². The van der Waals surface area contributed by atoms with Crippen molar-refractivity contribution >= 4 is 22.6 Å². The summed E-state index contributed by atoms with van der Waals surface area (Å²) >= 11 is 0. The van der Waals surface area contributed by atoms with Gasteiger partial charge in [0.25, 0.3) is 0 Å². The Kier molecular flexibility index (Phi) is 5.84. The molecule has 2 aromatic carbocycles. The molecule has 0 saturated heterocycles. The molecule has 6 nitrogen and oxygen atoms in total. The van der Waals surface area contributed by atoms with Crippen molar-refractivity contribution in [3.8, 4) is 11.1 Å². The molecular formula is C21H24FN5O. The molecule has 3 rings (SSSR count). The van der Waals surface area contributed by atoms with Crippen LogP contribution in [0, 0.1) is 5.82 Å². The zero-order chi connectivity index (χ0) is 20.3. The Labute approximate surface area is 163 Å².